The summed E-state index contributed by atoms with van der Waals surface area (Å²) in [6, 6.07) is 23.0. The van der Waals surface area contributed by atoms with E-state index >= 15 is 0 Å². The number of nitrogens with zero attached hydrogens (tertiary/aromatic N) is 2. The van der Waals surface area contributed by atoms with E-state index < -0.39 is 0 Å². The first-order valence-electron chi connectivity index (χ1n) is 8.29. The number of thiazole rings is 1. The normalized spacial score (nSPS) is 10.9. The highest BCUT2D eigenvalue weighted by molar-refractivity contribution is 9.10. The Morgan fingerprint density at radius 3 is 2.48 bits per heavy atom. The zero-order valence-corrected chi connectivity index (χ0v) is 17.3. The monoisotopic (exact) mass is 456 g/mol. The zero-order chi connectivity index (χ0) is 18.8. The number of hydrogen-bond acceptors (Lipinski definition) is 3. The Balaban J connectivity index is 1.81. The molecular weight excluding hydrogens is 444 g/mol. The molecule has 0 aliphatic rings. The number of rotatable bonds is 4. The third kappa shape index (κ3) is 3.76. The van der Waals surface area contributed by atoms with Crippen molar-refractivity contribution in [2.24, 2.45) is 0 Å². The second kappa shape index (κ2) is 7.80. The number of halogens is 2. The molecule has 0 unspecified atom stereocenters. The van der Waals surface area contributed by atoms with Gasteiger partial charge in [0.05, 0.1) is 21.8 Å². The second-order valence-corrected chi connectivity index (χ2v) is 8.21. The number of carbonyl (C=O) groups is 1. The Morgan fingerprint density at radius 1 is 1.00 bits per heavy atom. The van der Waals surface area contributed by atoms with Crippen LogP contribution in [0.3, 0.4) is 0 Å². The van der Waals surface area contributed by atoms with Crippen molar-refractivity contribution in [3.05, 3.63) is 93.4 Å². The number of benzene rings is 3. The molecule has 4 rings (SSSR count). The highest BCUT2D eigenvalue weighted by atomic mass is 79.9. The summed E-state index contributed by atoms with van der Waals surface area (Å²) in [4.78, 5) is 19.7. The fourth-order valence-electron chi connectivity index (χ4n) is 2.79. The van der Waals surface area contributed by atoms with E-state index in [4.69, 9.17) is 11.6 Å². The van der Waals surface area contributed by atoms with Crippen molar-refractivity contribution in [1.82, 2.24) is 4.98 Å². The van der Waals surface area contributed by atoms with E-state index in [1.54, 1.807) is 4.90 Å². The maximum Gasteiger partial charge on any atom is 0.261 e. The van der Waals surface area contributed by atoms with Crippen LogP contribution in [0.15, 0.2) is 77.3 Å². The van der Waals surface area contributed by atoms with Crippen molar-refractivity contribution in [2.75, 3.05) is 4.90 Å². The Morgan fingerprint density at radius 2 is 1.74 bits per heavy atom. The van der Waals surface area contributed by atoms with Gasteiger partial charge in [0.1, 0.15) is 5.52 Å². The standard InChI is InChI=1S/C21H14BrClN2OS/c22-16-10-5-4-9-15(16)20(26)25(13-14-7-2-1-3-8-14)21-24-19-17(23)11-6-12-18(19)27-21/h1-12H,13H2. The van der Waals surface area contributed by atoms with E-state index in [1.807, 2.05) is 72.8 Å². The molecule has 0 N–H and O–H groups in total. The summed E-state index contributed by atoms with van der Waals surface area (Å²) in [5, 5.41) is 1.21. The van der Waals surface area contributed by atoms with Gasteiger partial charge in [-0.15, -0.1) is 0 Å². The number of para-hydroxylation sites is 1. The summed E-state index contributed by atoms with van der Waals surface area (Å²) in [7, 11) is 0. The zero-order valence-electron chi connectivity index (χ0n) is 14.1. The van der Waals surface area contributed by atoms with Gasteiger partial charge in [-0.1, -0.05) is 71.5 Å². The third-order valence-corrected chi connectivity index (χ3v) is 6.16. The fourth-order valence-corrected chi connectivity index (χ4v) is 4.51. The maximum atomic E-state index is 13.4. The van der Waals surface area contributed by atoms with Crippen molar-refractivity contribution in [3.8, 4) is 0 Å². The van der Waals surface area contributed by atoms with Crippen LogP contribution in [0.4, 0.5) is 5.13 Å². The molecule has 3 aromatic carbocycles. The molecule has 0 spiro atoms. The largest absolute Gasteiger partial charge is 0.279 e. The Bertz CT molecular complexity index is 1110. The molecule has 1 heterocycles. The van der Waals surface area contributed by atoms with Gasteiger partial charge in [-0.05, 0) is 45.8 Å². The lowest BCUT2D eigenvalue weighted by molar-refractivity contribution is 0.0984. The maximum absolute atomic E-state index is 13.4. The van der Waals surface area contributed by atoms with Crippen molar-refractivity contribution in [1.29, 1.82) is 0 Å². The first-order valence-corrected chi connectivity index (χ1v) is 10.3. The van der Waals surface area contributed by atoms with E-state index in [1.165, 1.54) is 11.3 Å². The summed E-state index contributed by atoms with van der Waals surface area (Å²) < 4.78 is 1.71. The van der Waals surface area contributed by atoms with Crippen molar-refractivity contribution in [2.45, 2.75) is 6.54 Å². The first-order chi connectivity index (χ1) is 13.1. The third-order valence-electron chi connectivity index (χ3n) is 4.12. The molecule has 3 nitrogen and oxygen atoms in total. The minimum absolute atomic E-state index is 0.110. The molecule has 27 heavy (non-hydrogen) atoms. The minimum atomic E-state index is -0.110. The molecule has 1 aromatic heterocycles. The van der Waals surface area contributed by atoms with Gasteiger partial charge in [-0.2, -0.15) is 0 Å². The number of amides is 1. The Kier molecular flexibility index (Phi) is 5.25. The van der Waals surface area contributed by atoms with Gasteiger partial charge in [0.25, 0.3) is 5.91 Å². The quantitative estimate of drug-likeness (QED) is 0.348. The summed E-state index contributed by atoms with van der Waals surface area (Å²) in [5.74, 6) is -0.110. The van der Waals surface area contributed by atoms with E-state index in [0.717, 1.165) is 20.3 Å². The molecule has 0 saturated carbocycles. The number of carbonyl (C=O) groups excluding carboxylic acids is 1. The topological polar surface area (TPSA) is 33.2 Å². The molecule has 0 bridgehead atoms. The average Bonchev–Trinajstić information content (AvgIpc) is 3.12. The first kappa shape index (κ1) is 18.2. The summed E-state index contributed by atoms with van der Waals surface area (Å²) in [6.45, 7) is 0.429. The summed E-state index contributed by atoms with van der Waals surface area (Å²) >= 11 is 11.2. The molecule has 134 valence electrons. The molecule has 6 heteroatoms. The average molecular weight is 458 g/mol. The van der Waals surface area contributed by atoms with Crippen LogP contribution >= 0.6 is 38.9 Å². The van der Waals surface area contributed by atoms with Crippen LogP contribution in [0, 0.1) is 0 Å². The van der Waals surface area contributed by atoms with Gasteiger partial charge in [-0.25, -0.2) is 4.98 Å². The van der Waals surface area contributed by atoms with Crippen LogP contribution in [-0.2, 0) is 6.54 Å². The Labute approximate surface area is 174 Å². The van der Waals surface area contributed by atoms with E-state index in [2.05, 4.69) is 20.9 Å². The summed E-state index contributed by atoms with van der Waals surface area (Å²) in [5.41, 5.74) is 2.35. The Hall–Kier alpha value is -2.21. The van der Waals surface area contributed by atoms with Crippen molar-refractivity contribution < 1.29 is 4.79 Å². The predicted molar refractivity (Wildman–Crippen MR) is 116 cm³/mol. The van der Waals surface area contributed by atoms with Gasteiger partial charge < -0.3 is 0 Å². The fraction of sp³-hybridized carbons (Fsp3) is 0.0476. The van der Waals surface area contributed by atoms with Gasteiger partial charge in [0.15, 0.2) is 5.13 Å². The lowest BCUT2D eigenvalue weighted by Crippen LogP contribution is -2.30. The lowest BCUT2D eigenvalue weighted by atomic mass is 10.1. The van der Waals surface area contributed by atoms with Gasteiger partial charge >= 0.3 is 0 Å². The molecule has 4 aromatic rings. The molecule has 0 aliphatic carbocycles. The number of anilines is 1. The lowest BCUT2D eigenvalue weighted by Gasteiger charge is -2.20. The molecule has 0 radical (unpaired) electrons. The minimum Gasteiger partial charge on any atom is -0.279 e. The molecular formula is C21H14BrClN2OS. The van der Waals surface area contributed by atoms with Crippen LogP contribution in [0.1, 0.15) is 15.9 Å². The van der Waals surface area contributed by atoms with Gasteiger partial charge in [0, 0.05) is 4.47 Å². The van der Waals surface area contributed by atoms with Gasteiger partial charge in [-0.3, -0.25) is 9.69 Å². The molecule has 1 amide bonds. The van der Waals surface area contributed by atoms with Crippen molar-refractivity contribution in [3.63, 3.8) is 0 Å². The van der Waals surface area contributed by atoms with E-state index in [0.29, 0.717) is 22.3 Å². The van der Waals surface area contributed by atoms with Gasteiger partial charge in [0.2, 0.25) is 0 Å². The molecule has 0 saturated heterocycles. The van der Waals surface area contributed by atoms with E-state index in [-0.39, 0.29) is 5.91 Å². The number of fused-ring (bicyclic) bond motifs is 1. The number of hydrogen-bond donors (Lipinski definition) is 0. The van der Waals surface area contributed by atoms with Crippen LogP contribution in [0.2, 0.25) is 5.02 Å². The van der Waals surface area contributed by atoms with Crippen LogP contribution in [-0.4, -0.2) is 10.9 Å². The summed E-state index contributed by atoms with van der Waals surface area (Å²) in [6.07, 6.45) is 0. The van der Waals surface area contributed by atoms with Crippen LogP contribution in [0.5, 0.6) is 0 Å². The van der Waals surface area contributed by atoms with Crippen LogP contribution < -0.4 is 4.90 Å². The highest BCUT2D eigenvalue weighted by Gasteiger charge is 2.23. The smallest absolute Gasteiger partial charge is 0.261 e. The predicted octanol–water partition coefficient (Wildman–Crippen LogP) is 6.56. The second-order valence-electron chi connectivity index (χ2n) is 5.94. The molecule has 0 aliphatic heterocycles. The molecule has 0 fully saturated rings. The highest BCUT2D eigenvalue weighted by Crippen LogP contribution is 2.34. The van der Waals surface area contributed by atoms with Crippen molar-refractivity contribution >= 4 is 60.1 Å². The van der Waals surface area contributed by atoms with Crippen LogP contribution in [0.25, 0.3) is 10.2 Å². The SMILES string of the molecule is O=C(c1ccccc1Br)N(Cc1ccccc1)c1nc2c(Cl)cccc2s1. The molecule has 0 atom stereocenters. The number of aromatic nitrogens is 1. The van der Waals surface area contributed by atoms with E-state index in [9.17, 15) is 4.79 Å².